The predicted molar refractivity (Wildman–Crippen MR) is 68.7 cm³/mol. The Morgan fingerprint density at radius 1 is 1.40 bits per heavy atom. The van der Waals surface area contributed by atoms with E-state index >= 15 is 0 Å². The zero-order chi connectivity index (χ0) is 15.3. The molecular formula is C12H12ClFN2O4. The van der Waals surface area contributed by atoms with Gasteiger partial charge in [-0.15, -0.1) is 0 Å². The van der Waals surface area contributed by atoms with E-state index in [9.17, 15) is 18.8 Å². The Kier molecular flexibility index (Phi) is 5.45. The zero-order valence-corrected chi connectivity index (χ0v) is 11.0. The number of hydrogen-bond acceptors (Lipinski definition) is 3. The molecule has 0 spiro atoms. The molecule has 8 heteroatoms. The van der Waals surface area contributed by atoms with Gasteiger partial charge in [-0.2, -0.15) is 0 Å². The molecule has 0 unspecified atom stereocenters. The van der Waals surface area contributed by atoms with Crippen molar-refractivity contribution in [2.24, 2.45) is 5.73 Å². The van der Waals surface area contributed by atoms with Gasteiger partial charge >= 0.3 is 5.97 Å². The lowest BCUT2D eigenvalue weighted by molar-refractivity contribution is -0.139. The summed E-state index contributed by atoms with van der Waals surface area (Å²) in [5, 5.41) is 10.7. The molecule has 1 aromatic carbocycles. The zero-order valence-electron chi connectivity index (χ0n) is 10.2. The minimum absolute atomic E-state index is 0.163. The van der Waals surface area contributed by atoms with E-state index in [0.717, 1.165) is 6.07 Å². The molecule has 1 rings (SSSR count). The first-order valence-corrected chi connectivity index (χ1v) is 5.96. The lowest BCUT2D eigenvalue weighted by Gasteiger charge is -2.14. The summed E-state index contributed by atoms with van der Waals surface area (Å²) in [7, 11) is 0. The molecule has 0 bridgehead atoms. The second kappa shape index (κ2) is 6.85. The average molecular weight is 303 g/mol. The Labute approximate surface area is 118 Å². The lowest BCUT2D eigenvalue weighted by Crippen LogP contribution is -2.41. The molecule has 20 heavy (non-hydrogen) atoms. The van der Waals surface area contributed by atoms with Crippen LogP contribution in [0.2, 0.25) is 5.02 Å². The largest absolute Gasteiger partial charge is 0.480 e. The molecule has 108 valence electrons. The highest BCUT2D eigenvalue weighted by atomic mass is 35.5. The number of benzene rings is 1. The van der Waals surface area contributed by atoms with Crippen LogP contribution < -0.4 is 11.1 Å². The summed E-state index contributed by atoms with van der Waals surface area (Å²) < 4.78 is 13.2. The van der Waals surface area contributed by atoms with E-state index in [1.165, 1.54) is 12.1 Å². The number of nitrogens with two attached hydrogens (primary N) is 1. The van der Waals surface area contributed by atoms with Gasteiger partial charge in [-0.3, -0.25) is 9.59 Å². The SMILES string of the molecule is NC(=O)CC[C@H](NC(=O)c1cccc(F)c1Cl)C(=O)O. The molecule has 4 N–H and O–H groups in total. The highest BCUT2D eigenvalue weighted by Gasteiger charge is 2.23. The van der Waals surface area contributed by atoms with Gasteiger partial charge in [-0.05, 0) is 18.6 Å². The van der Waals surface area contributed by atoms with E-state index in [2.05, 4.69) is 5.32 Å². The van der Waals surface area contributed by atoms with E-state index in [1.54, 1.807) is 0 Å². The highest BCUT2D eigenvalue weighted by molar-refractivity contribution is 6.34. The summed E-state index contributed by atoms with van der Waals surface area (Å²) in [5.74, 6) is -3.64. The van der Waals surface area contributed by atoms with Crippen molar-refractivity contribution < 1.29 is 23.9 Å². The number of carbonyl (C=O) groups is 3. The molecule has 0 saturated carbocycles. The van der Waals surface area contributed by atoms with Crippen LogP contribution in [0.15, 0.2) is 18.2 Å². The van der Waals surface area contributed by atoms with Crippen LogP contribution in [0.3, 0.4) is 0 Å². The van der Waals surface area contributed by atoms with Crippen molar-refractivity contribution >= 4 is 29.4 Å². The van der Waals surface area contributed by atoms with Crippen molar-refractivity contribution in [2.45, 2.75) is 18.9 Å². The third kappa shape index (κ3) is 4.20. The third-order valence-corrected chi connectivity index (χ3v) is 2.86. The molecule has 0 aliphatic carbocycles. The summed E-state index contributed by atoms with van der Waals surface area (Å²) in [6.45, 7) is 0. The fourth-order valence-corrected chi connectivity index (χ4v) is 1.67. The monoisotopic (exact) mass is 302 g/mol. The first-order chi connectivity index (χ1) is 9.32. The number of rotatable bonds is 6. The summed E-state index contributed by atoms with van der Waals surface area (Å²) in [6, 6.07) is 2.29. The predicted octanol–water partition coefficient (Wildman–Crippen LogP) is 0.928. The van der Waals surface area contributed by atoms with Crippen molar-refractivity contribution in [1.82, 2.24) is 5.32 Å². The maximum Gasteiger partial charge on any atom is 0.326 e. The van der Waals surface area contributed by atoms with Gasteiger partial charge in [-0.25, -0.2) is 9.18 Å². The molecule has 0 heterocycles. The smallest absolute Gasteiger partial charge is 0.326 e. The Hall–Kier alpha value is -2.15. The second-order valence-electron chi connectivity index (χ2n) is 3.97. The standard InChI is InChI=1S/C12H12ClFN2O4/c13-10-6(2-1-3-7(10)14)11(18)16-8(12(19)20)4-5-9(15)17/h1-3,8H,4-5H2,(H2,15,17)(H,16,18)(H,19,20)/t8-/m0/s1. The maximum absolute atomic E-state index is 13.2. The average Bonchev–Trinajstić information content (AvgIpc) is 2.36. The number of carboxylic acids is 1. The van der Waals surface area contributed by atoms with Crippen molar-refractivity contribution in [2.75, 3.05) is 0 Å². The molecule has 0 saturated heterocycles. The topological polar surface area (TPSA) is 109 Å². The number of primary amides is 1. The van der Waals surface area contributed by atoms with Crippen LogP contribution in [0.1, 0.15) is 23.2 Å². The molecule has 0 aliphatic rings. The minimum atomic E-state index is -1.33. The molecule has 0 aliphatic heterocycles. The Bertz CT molecular complexity index is 550. The van der Waals surface area contributed by atoms with Crippen molar-refractivity contribution in [3.8, 4) is 0 Å². The van der Waals surface area contributed by atoms with Crippen molar-refractivity contribution in [3.05, 3.63) is 34.6 Å². The van der Waals surface area contributed by atoms with E-state index in [-0.39, 0.29) is 18.4 Å². The summed E-state index contributed by atoms with van der Waals surface area (Å²) in [5.41, 5.74) is 4.73. The van der Waals surface area contributed by atoms with Crippen LogP contribution in [-0.4, -0.2) is 28.9 Å². The quantitative estimate of drug-likeness (QED) is 0.726. The van der Waals surface area contributed by atoms with Gasteiger partial charge in [0.15, 0.2) is 0 Å². The summed E-state index contributed by atoms with van der Waals surface area (Å²) >= 11 is 5.62. The van der Waals surface area contributed by atoms with Gasteiger partial charge in [0.25, 0.3) is 5.91 Å². The van der Waals surface area contributed by atoms with Crippen molar-refractivity contribution in [1.29, 1.82) is 0 Å². The number of aliphatic carboxylic acids is 1. The maximum atomic E-state index is 13.2. The number of halogens is 2. The lowest BCUT2D eigenvalue weighted by atomic mass is 10.1. The van der Waals surface area contributed by atoms with Crippen LogP contribution in [0.5, 0.6) is 0 Å². The fourth-order valence-electron chi connectivity index (χ4n) is 1.46. The first-order valence-electron chi connectivity index (χ1n) is 5.59. The summed E-state index contributed by atoms with van der Waals surface area (Å²) in [4.78, 5) is 33.4. The molecule has 6 nitrogen and oxygen atoms in total. The van der Waals surface area contributed by atoms with E-state index in [1.807, 2.05) is 0 Å². The molecule has 0 fully saturated rings. The number of hydrogen-bond donors (Lipinski definition) is 3. The number of amides is 2. The Balaban J connectivity index is 2.83. The van der Waals surface area contributed by atoms with Crippen LogP contribution >= 0.6 is 11.6 Å². The second-order valence-corrected chi connectivity index (χ2v) is 4.35. The highest BCUT2D eigenvalue weighted by Crippen LogP contribution is 2.19. The van der Waals surface area contributed by atoms with Crippen LogP contribution in [-0.2, 0) is 9.59 Å². The Morgan fingerprint density at radius 3 is 2.60 bits per heavy atom. The van der Waals surface area contributed by atoms with Crippen LogP contribution in [0.25, 0.3) is 0 Å². The number of carbonyl (C=O) groups excluding carboxylic acids is 2. The first kappa shape index (κ1) is 15.9. The van der Waals surface area contributed by atoms with Gasteiger partial charge in [0, 0.05) is 6.42 Å². The van der Waals surface area contributed by atoms with Crippen molar-refractivity contribution in [3.63, 3.8) is 0 Å². The fraction of sp³-hybridized carbons (Fsp3) is 0.250. The van der Waals surface area contributed by atoms with E-state index in [0.29, 0.717) is 0 Å². The third-order valence-electron chi connectivity index (χ3n) is 2.48. The van der Waals surface area contributed by atoms with E-state index in [4.69, 9.17) is 22.4 Å². The number of carboxylic acid groups (broad SMARTS) is 1. The van der Waals surface area contributed by atoms with Gasteiger partial charge in [0.2, 0.25) is 5.91 Å². The van der Waals surface area contributed by atoms with Gasteiger partial charge in [0.05, 0.1) is 10.6 Å². The molecule has 0 radical (unpaired) electrons. The molecule has 1 atom stereocenters. The normalized spacial score (nSPS) is 11.7. The van der Waals surface area contributed by atoms with E-state index < -0.39 is 34.7 Å². The van der Waals surface area contributed by atoms with Gasteiger partial charge < -0.3 is 16.2 Å². The molecule has 0 aromatic heterocycles. The summed E-state index contributed by atoms with van der Waals surface area (Å²) in [6.07, 6.45) is -0.364. The molecule has 1 aromatic rings. The van der Waals surface area contributed by atoms with Crippen LogP contribution in [0, 0.1) is 5.82 Å². The van der Waals surface area contributed by atoms with Gasteiger partial charge in [0.1, 0.15) is 11.9 Å². The Morgan fingerprint density at radius 2 is 2.05 bits per heavy atom. The van der Waals surface area contributed by atoms with Crippen LogP contribution in [0.4, 0.5) is 4.39 Å². The molecule has 2 amide bonds. The number of nitrogens with one attached hydrogen (secondary N) is 1. The molecular weight excluding hydrogens is 291 g/mol. The van der Waals surface area contributed by atoms with Gasteiger partial charge in [-0.1, -0.05) is 17.7 Å². The minimum Gasteiger partial charge on any atom is -0.480 e.